The monoisotopic (exact) mass is 265 g/mol. The largest absolute Gasteiger partial charge is 0.507 e. The minimum atomic E-state index is 0.234. The maximum atomic E-state index is 9.83. The highest BCUT2D eigenvalue weighted by Crippen LogP contribution is 2.28. The number of hydrogen-bond donors (Lipinski definition) is 1. The van der Waals surface area contributed by atoms with Crippen LogP contribution < -0.4 is 4.74 Å². The molecule has 0 atom stereocenters. The molecule has 1 aliphatic heterocycles. The Hall–Kier alpha value is -2.55. The molecule has 1 heterocycles. The van der Waals surface area contributed by atoms with Gasteiger partial charge in [0.15, 0.2) is 0 Å². The van der Waals surface area contributed by atoms with Crippen molar-refractivity contribution < 1.29 is 9.84 Å². The van der Waals surface area contributed by atoms with Crippen LogP contribution in [-0.2, 0) is 6.42 Å². The molecule has 0 aromatic heterocycles. The van der Waals surface area contributed by atoms with Crippen molar-refractivity contribution in [3.8, 4) is 11.5 Å². The lowest BCUT2D eigenvalue weighted by Crippen LogP contribution is -1.92. The van der Waals surface area contributed by atoms with E-state index in [1.165, 1.54) is 5.56 Å². The summed E-state index contributed by atoms with van der Waals surface area (Å²) in [5, 5.41) is 9.83. The molecule has 3 heteroatoms. The molecule has 0 spiro atoms. The van der Waals surface area contributed by atoms with Gasteiger partial charge in [-0.05, 0) is 42.0 Å². The van der Waals surface area contributed by atoms with E-state index in [1.807, 2.05) is 30.4 Å². The zero-order valence-corrected chi connectivity index (χ0v) is 11.2. The summed E-state index contributed by atoms with van der Waals surface area (Å²) >= 11 is 0. The smallest absolute Gasteiger partial charge is 0.123 e. The molecule has 20 heavy (non-hydrogen) atoms. The second-order valence-electron chi connectivity index (χ2n) is 4.67. The van der Waals surface area contributed by atoms with E-state index in [1.54, 1.807) is 25.3 Å². The van der Waals surface area contributed by atoms with Crippen LogP contribution in [0.5, 0.6) is 11.5 Å². The third-order valence-corrected chi connectivity index (χ3v) is 3.32. The SMILES string of the molecule is COc1ccc(O)c(/C=C/C2=Nc3ccccc3C2)c1. The van der Waals surface area contributed by atoms with Crippen LogP contribution in [0.4, 0.5) is 5.69 Å². The van der Waals surface area contributed by atoms with Gasteiger partial charge in [-0.1, -0.05) is 18.2 Å². The quantitative estimate of drug-likeness (QED) is 0.918. The lowest BCUT2D eigenvalue weighted by molar-refractivity contribution is 0.412. The lowest BCUT2D eigenvalue weighted by atomic mass is 10.1. The fourth-order valence-electron chi connectivity index (χ4n) is 2.23. The van der Waals surface area contributed by atoms with Gasteiger partial charge in [0.1, 0.15) is 11.5 Å². The van der Waals surface area contributed by atoms with Crippen molar-refractivity contribution in [2.45, 2.75) is 6.42 Å². The second-order valence-corrected chi connectivity index (χ2v) is 4.67. The molecule has 3 rings (SSSR count). The van der Waals surface area contributed by atoms with Gasteiger partial charge in [-0.3, -0.25) is 4.99 Å². The number of rotatable bonds is 3. The highest BCUT2D eigenvalue weighted by molar-refractivity contribution is 6.04. The van der Waals surface area contributed by atoms with Crippen LogP contribution in [0.3, 0.4) is 0 Å². The van der Waals surface area contributed by atoms with Gasteiger partial charge in [0.05, 0.1) is 12.8 Å². The Kier molecular flexibility index (Phi) is 3.25. The van der Waals surface area contributed by atoms with Crippen molar-refractivity contribution in [1.29, 1.82) is 0 Å². The zero-order valence-electron chi connectivity index (χ0n) is 11.2. The van der Waals surface area contributed by atoms with Gasteiger partial charge in [-0.15, -0.1) is 0 Å². The molecule has 100 valence electrons. The first kappa shape index (κ1) is 12.5. The third-order valence-electron chi connectivity index (χ3n) is 3.32. The number of benzene rings is 2. The lowest BCUT2D eigenvalue weighted by Gasteiger charge is -2.03. The Labute approximate surface area is 117 Å². The molecular weight excluding hydrogens is 250 g/mol. The molecule has 0 radical (unpaired) electrons. The number of aromatic hydroxyl groups is 1. The summed E-state index contributed by atoms with van der Waals surface area (Å²) in [5.74, 6) is 0.956. The topological polar surface area (TPSA) is 41.8 Å². The van der Waals surface area contributed by atoms with E-state index in [-0.39, 0.29) is 5.75 Å². The van der Waals surface area contributed by atoms with Crippen molar-refractivity contribution in [3.63, 3.8) is 0 Å². The van der Waals surface area contributed by atoms with Gasteiger partial charge in [0.25, 0.3) is 0 Å². The molecule has 0 saturated carbocycles. The number of allylic oxidation sites excluding steroid dienone is 1. The predicted octanol–water partition coefficient (Wildman–Crippen LogP) is 3.74. The Balaban J connectivity index is 1.83. The maximum absolute atomic E-state index is 9.83. The number of phenolic OH excluding ortho intramolecular Hbond substituents is 1. The summed E-state index contributed by atoms with van der Waals surface area (Å²) in [7, 11) is 1.61. The number of fused-ring (bicyclic) bond motifs is 1. The summed E-state index contributed by atoms with van der Waals surface area (Å²) in [6.07, 6.45) is 4.63. The van der Waals surface area contributed by atoms with Crippen molar-refractivity contribution in [2.75, 3.05) is 7.11 Å². The minimum Gasteiger partial charge on any atom is -0.507 e. The van der Waals surface area contributed by atoms with Gasteiger partial charge in [0, 0.05) is 17.7 Å². The Morgan fingerprint density at radius 1 is 1.15 bits per heavy atom. The molecular formula is C17H15NO2. The molecule has 3 nitrogen and oxygen atoms in total. The molecule has 2 aromatic rings. The van der Waals surface area contributed by atoms with Crippen LogP contribution in [0, 0.1) is 0 Å². The number of aliphatic imine (C=N–C) groups is 1. The predicted molar refractivity (Wildman–Crippen MR) is 80.9 cm³/mol. The second kappa shape index (κ2) is 5.21. The van der Waals surface area contributed by atoms with Crippen LogP contribution in [0.25, 0.3) is 6.08 Å². The highest BCUT2D eigenvalue weighted by Gasteiger charge is 2.11. The van der Waals surface area contributed by atoms with Crippen molar-refractivity contribution in [3.05, 3.63) is 59.7 Å². The number of nitrogens with zero attached hydrogens (tertiary/aromatic N) is 1. The Morgan fingerprint density at radius 3 is 2.80 bits per heavy atom. The van der Waals surface area contributed by atoms with Crippen LogP contribution >= 0.6 is 0 Å². The maximum Gasteiger partial charge on any atom is 0.123 e. The number of para-hydroxylation sites is 1. The van der Waals surface area contributed by atoms with E-state index in [4.69, 9.17) is 4.74 Å². The van der Waals surface area contributed by atoms with E-state index in [0.29, 0.717) is 0 Å². The van der Waals surface area contributed by atoms with Gasteiger partial charge in [0.2, 0.25) is 0 Å². The molecule has 1 N–H and O–H groups in total. The summed E-state index contributed by atoms with van der Waals surface area (Å²) in [5.41, 5.74) is 3.99. The summed E-state index contributed by atoms with van der Waals surface area (Å²) in [4.78, 5) is 4.56. The normalized spacial score (nSPS) is 13.3. The first-order chi connectivity index (χ1) is 9.76. The van der Waals surface area contributed by atoms with Crippen LogP contribution in [0.15, 0.2) is 53.5 Å². The van der Waals surface area contributed by atoms with Crippen molar-refractivity contribution in [2.24, 2.45) is 4.99 Å². The first-order valence-electron chi connectivity index (χ1n) is 6.47. The fourth-order valence-corrected chi connectivity index (χ4v) is 2.23. The number of phenols is 1. The number of hydrogen-bond acceptors (Lipinski definition) is 3. The summed E-state index contributed by atoms with van der Waals surface area (Å²) < 4.78 is 5.16. The molecule has 0 aliphatic carbocycles. The summed E-state index contributed by atoms with van der Waals surface area (Å²) in [6, 6.07) is 13.3. The molecule has 0 fully saturated rings. The van der Waals surface area contributed by atoms with E-state index in [2.05, 4.69) is 11.1 Å². The van der Waals surface area contributed by atoms with Crippen LogP contribution in [-0.4, -0.2) is 17.9 Å². The molecule has 1 aliphatic rings. The van der Waals surface area contributed by atoms with Crippen LogP contribution in [0.2, 0.25) is 0 Å². The van der Waals surface area contributed by atoms with E-state index in [0.717, 1.165) is 29.1 Å². The Bertz CT molecular complexity index is 702. The Morgan fingerprint density at radius 2 is 2.00 bits per heavy atom. The average molecular weight is 265 g/mol. The molecule has 2 aromatic carbocycles. The third kappa shape index (κ3) is 2.43. The van der Waals surface area contributed by atoms with Gasteiger partial charge < -0.3 is 9.84 Å². The fraction of sp³-hybridized carbons (Fsp3) is 0.118. The van der Waals surface area contributed by atoms with Crippen molar-refractivity contribution in [1.82, 2.24) is 0 Å². The van der Waals surface area contributed by atoms with Gasteiger partial charge in [-0.25, -0.2) is 0 Å². The van der Waals surface area contributed by atoms with Gasteiger partial charge >= 0.3 is 0 Å². The molecule has 0 amide bonds. The van der Waals surface area contributed by atoms with E-state index >= 15 is 0 Å². The van der Waals surface area contributed by atoms with Crippen LogP contribution in [0.1, 0.15) is 11.1 Å². The van der Waals surface area contributed by atoms with E-state index in [9.17, 15) is 5.11 Å². The number of methoxy groups -OCH3 is 1. The first-order valence-corrected chi connectivity index (χ1v) is 6.47. The molecule has 0 unspecified atom stereocenters. The van der Waals surface area contributed by atoms with E-state index < -0.39 is 0 Å². The molecule has 0 saturated heterocycles. The standard InChI is InChI=1S/C17H15NO2/c1-20-15-8-9-17(19)13(11-15)6-7-14-10-12-4-2-3-5-16(12)18-14/h2-9,11,19H,10H2,1H3/b7-6+. The summed E-state index contributed by atoms with van der Waals surface area (Å²) in [6.45, 7) is 0. The van der Waals surface area contributed by atoms with Gasteiger partial charge in [-0.2, -0.15) is 0 Å². The highest BCUT2D eigenvalue weighted by atomic mass is 16.5. The average Bonchev–Trinajstić information content (AvgIpc) is 2.89. The zero-order chi connectivity index (χ0) is 13.9. The number of ether oxygens (including phenoxy) is 1. The van der Waals surface area contributed by atoms with Crippen molar-refractivity contribution >= 4 is 17.5 Å². The minimum absolute atomic E-state index is 0.234. The molecule has 0 bridgehead atoms.